The highest BCUT2D eigenvalue weighted by Crippen LogP contribution is 2.26. The quantitative estimate of drug-likeness (QED) is 0.846. The Morgan fingerprint density at radius 2 is 2.00 bits per heavy atom. The maximum absolute atomic E-state index is 13.0. The van der Waals surface area contributed by atoms with Crippen LogP contribution in [0.1, 0.15) is 44.6 Å². The van der Waals surface area contributed by atoms with Gasteiger partial charge in [0.15, 0.2) is 0 Å². The lowest BCUT2D eigenvalue weighted by Gasteiger charge is -2.28. The monoisotopic (exact) mass is 269 g/mol. The van der Waals surface area contributed by atoms with Gasteiger partial charge in [0.1, 0.15) is 5.82 Å². The zero-order chi connectivity index (χ0) is 13.0. The molecule has 0 atom stereocenters. The highest BCUT2D eigenvalue weighted by atomic mass is 35.5. The molecule has 1 aliphatic rings. The third-order valence-electron chi connectivity index (χ3n) is 4.00. The molecule has 1 saturated carbocycles. The van der Waals surface area contributed by atoms with Crippen LogP contribution in [-0.4, -0.2) is 6.04 Å². The fraction of sp³-hybridized carbons (Fsp3) is 0.600. The molecule has 18 heavy (non-hydrogen) atoms. The third-order valence-corrected chi connectivity index (χ3v) is 4.29. The Morgan fingerprint density at radius 1 is 1.28 bits per heavy atom. The summed E-state index contributed by atoms with van der Waals surface area (Å²) in [6, 6.07) is 5.55. The van der Waals surface area contributed by atoms with Crippen molar-refractivity contribution < 1.29 is 4.39 Å². The van der Waals surface area contributed by atoms with Gasteiger partial charge in [0.25, 0.3) is 0 Å². The molecule has 0 radical (unpaired) electrons. The Hall–Kier alpha value is -0.600. The van der Waals surface area contributed by atoms with Gasteiger partial charge < -0.3 is 5.32 Å². The molecule has 0 aliphatic heterocycles. The first-order valence-electron chi connectivity index (χ1n) is 6.86. The fourth-order valence-electron chi connectivity index (χ4n) is 2.69. The maximum Gasteiger partial charge on any atom is 0.141 e. The van der Waals surface area contributed by atoms with Crippen LogP contribution >= 0.6 is 11.6 Å². The summed E-state index contributed by atoms with van der Waals surface area (Å²) in [5, 5.41) is 3.76. The molecule has 1 aromatic carbocycles. The van der Waals surface area contributed by atoms with Crippen molar-refractivity contribution in [1.82, 2.24) is 5.32 Å². The molecule has 100 valence electrons. The Labute approximate surface area is 114 Å². The van der Waals surface area contributed by atoms with E-state index in [-0.39, 0.29) is 10.8 Å². The van der Waals surface area contributed by atoms with E-state index in [9.17, 15) is 4.39 Å². The zero-order valence-corrected chi connectivity index (χ0v) is 11.6. The van der Waals surface area contributed by atoms with E-state index in [0.29, 0.717) is 6.04 Å². The summed E-state index contributed by atoms with van der Waals surface area (Å²) in [6.07, 6.45) is 6.48. The van der Waals surface area contributed by atoms with Crippen molar-refractivity contribution in [2.75, 3.05) is 0 Å². The van der Waals surface area contributed by atoms with Crippen LogP contribution in [0.25, 0.3) is 0 Å². The van der Waals surface area contributed by atoms with Gasteiger partial charge in [-0.2, -0.15) is 0 Å². The van der Waals surface area contributed by atoms with E-state index in [4.69, 9.17) is 11.6 Å². The molecule has 0 saturated heterocycles. The van der Waals surface area contributed by atoms with Crippen molar-refractivity contribution >= 4 is 11.6 Å². The van der Waals surface area contributed by atoms with Crippen LogP contribution in [0.4, 0.5) is 4.39 Å². The average molecular weight is 270 g/mol. The molecule has 0 amide bonds. The lowest BCUT2D eigenvalue weighted by atomic mass is 9.84. The van der Waals surface area contributed by atoms with E-state index in [0.717, 1.165) is 18.0 Å². The van der Waals surface area contributed by atoms with Crippen LogP contribution in [0.2, 0.25) is 5.02 Å². The minimum atomic E-state index is -0.344. The van der Waals surface area contributed by atoms with Gasteiger partial charge in [-0.15, -0.1) is 0 Å². The van der Waals surface area contributed by atoms with Gasteiger partial charge in [-0.25, -0.2) is 4.39 Å². The summed E-state index contributed by atoms with van der Waals surface area (Å²) >= 11 is 5.77. The predicted octanol–water partition coefficient (Wildman–Crippen LogP) is 4.54. The van der Waals surface area contributed by atoms with Gasteiger partial charge in [0.05, 0.1) is 5.02 Å². The van der Waals surface area contributed by atoms with Crippen LogP contribution in [0.3, 0.4) is 0 Å². The number of rotatable bonds is 4. The molecule has 1 nitrogen and oxygen atoms in total. The Bertz CT molecular complexity index is 386. The van der Waals surface area contributed by atoms with Gasteiger partial charge in [-0.05, 0) is 49.3 Å². The molecular formula is C15H21ClFN. The first-order chi connectivity index (χ1) is 8.69. The zero-order valence-electron chi connectivity index (χ0n) is 10.9. The summed E-state index contributed by atoms with van der Waals surface area (Å²) in [7, 11) is 0. The van der Waals surface area contributed by atoms with Crippen molar-refractivity contribution in [3.8, 4) is 0 Å². The SMILES string of the molecule is CCC1CCC(NCc2ccc(F)c(Cl)c2)CC1. The van der Waals surface area contributed by atoms with E-state index in [1.165, 1.54) is 38.2 Å². The van der Waals surface area contributed by atoms with E-state index in [2.05, 4.69) is 12.2 Å². The molecule has 2 rings (SSSR count). The van der Waals surface area contributed by atoms with Gasteiger partial charge in [-0.1, -0.05) is 31.0 Å². The van der Waals surface area contributed by atoms with Crippen molar-refractivity contribution in [2.24, 2.45) is 5.92 Å². The number of hydrogen-bond acceptors (Lipinski definition) is 1. The minimum Gasteiger partial charge on any atom is -0.310 e. The highest BCUT2D eigenvalue weighted by Gasteiger charge is 2.19. The second-order valence-corrected chi connectivity index (χ2v) is 5.66. The van der Waals surface area contributed by atoms with Crippen LogP contribution in [0.5, 0.6) is 0 Å². The molecule has 3 heteroatoms. The number of halogens is 2. The highest BCUT2D eigenvalue weighted by molar-refractivity contribution is 6.30. The number of hydrogen-bond donors (Lipinski definition) is 1. The summed E-state index contributed by atoms with van der Waals surface area (Å²) in [6.45, 7) is 3.06. The van der Waals surface area contributed by atoms with Crippen molar-refractivity contribution in [3.05, 3.63) is 34.6 Å². The number of benzene rings is 1. The summed E-state index contributed by atoms with van der Waals surface area (Å²) in [4.78, 5) is 0. The van der Waals surface area contributed by atoms with Crippen LogP contribution in [0, 0.1) is 11.7 Å². The summed E-state index contributed by atoms with van der Waals surface area (Å²) in [5.41, 5.74) is 1.05. The van der Waals surface area contributed by atoms with Gasteiger partial charge in [-0.3, -0.25) is 0 Å². The smallest absolute Gasteiger partial charge is 0.141 e. The first-order valence-corrected chi connectivity index (χ1v) is 7.24. The topological polar surface area (TPSA) is 12.0 Å². The lowest BCUT2D eigenvalue weighted by Crippen LogP contribution is -2.32. The maximum atomic E-state index is 13.0. The summed E-state index contributed by atoms with van der Waals surface area (Å²) < 4.78 is 13.0. The predicted molar refractivity (Wildman–Crippen MR) is 74.3 cm³/mol. The van der Waals surface area contributed by atoms with Crippen LogP contribution in [-0.2, 0) is 6.54 Å². The Morgan fingerprint density at radius 3 is 2.61 bits per heavy atom. The van der Waals surface area contributed by atoms with Crippen molar-refractivity contribution in [1.29, 1.82) is 0 Å². The van der Waals surface area contributed by atoms with Gasteiger partial charge >= 0.3 is 0 Å². The standard InChI is InChI=1S/C15H21ClFN/c1-2-11-3-6-13(7-4-11)18-10-12-5-8-15(17)14(16)9-12/h5,8-9,11,13,18H,2-4,6-7,10H2,1H3. The number of nitrogens with one attached hydrogen (secondary N) is 1. The van der Waals surface area contributed by atoms with Crippen molar-refractivity contribution in [3.63, 3.8) is 0 Å². The third kappa shape index (κ3) is 3.69. The van der Waals surface area contributed by atoms with Gasteiger partial charge in [0.2, 0.25) is 0 Å². The molecular weight excluding hydrogens is 249 g/mol. The second kappa shape index (κ2) is 6.53. The van der Waals surface area contributed by atoms with Crippen LogP contribution in [0.15, 0.2) is 18.2 Å². The van der Waals surface area contributed by atoms with E-state index < -0.39 is 0 Å². The van der Waals surface area contributed by atoms with Gasteiger partial charge in [0, 0.05) is 12.6 Å². The largest absolute Gasteiger partial charge is 0.310 e. The molecule has 1 aliphatic carbocycles. The summed E-state index contributed by atoms with van der Waals surface area (Å²) in [5.74, 6) is 0.576. The fourth-order valence-corrected chi connectivity index (χ4v) is 2.89. The van der Waals surface area contributed by atoms with E-state index in [1.54, 1.807) is 12.1 Å². The normalized spacial score (nSPS) is 24.2. The minimum absolute atomic E-state index is 0.212. The van der Waals surface area contributed by atoms with Crippen LogP contribution < -0.4 is 5.32 Å². The lowest BCUT2D eigenvalue weighted by molar-refractivity contribution is 0.285. The molecule has 0 bridgehead atoms. The Balaban J connectivity index is 1.79. The molecule has 1 fully saturated rings. The van der Waals surface area contributed by atoms with E-state index >= 15 is 0 Å². The molecule has 0 aromatic heterocycles. The second-order valence-electron chi connectivity index (χ2n) is 5.26. The molecule has 1 aromatic rings. The van der Waals surface area contributed by atoms with E-state index in [1.807, 2.05) is 0 Å². The Kier molecular flexibility index (Phi) is 5.02. The molecule has 0 spiro atoms. The first kappa shape index (κ1) is 13.8. The average Bonchev–Trinajstić information content (AvgIpc) is 2.41. The van der Waals surface area contributed by atoms with Crippen molar-refractivity contribution in [2.45, 2.75) is 51.6 Å². The molecule has 1 N–H and O–H groups in total. The molecule has 0 unspecified atom stereocenters. The molecule has 0 heterocycles.